The quantitative estimate of drug-likeness (QED) is 0.195. The van der Waals surface area contributed by atoms with Gasteiger partial charge in [0.05, 0.1) is 12.2 Å². The van der Waals surface area contributed by atoms with Gasteiger partial charge in [-0.3, -0.25) is 0 Å². The van der Waals surface area contributed by atoms with Gasteiger partial charge in [-0.05, 0) is 12.5 Å². The zero-order chi connectivity index (χ0) is 23.1. The minimum Gasteiger partial charge on any atom is -0.475 e. The second-order valence-electron chi connectivity index (χ2n) is 8.84. The Balaban J connectivity index is 1.78. The lowest BCUT2D eigenvalue weighted by Crippen LogP contribution is -2.24. The number of hydrogen-bond donors (Lipinski definition) is 1. The molecule has 0 spiro atoms. The zero-order valence-corrected chi connectivity index (χ0v) is 20.4. The Morgan fingerprint density at radius 3 is 1.81 bits per heavy atom. The average molecular weight is 447 g/mol. The van der Waals surface area contributed by atoms with Crippen molar-refractivity contribution in [2.24, 2.45) is 0 Å². The second-order valence-corrected chi connectivity index (χ2v) is 8.84. The molecule has 5 heteroatoms. The number of aliphatic hydroxyl groups excluding tert-OH is 1. The first kappa shape index (κ1) is 28.4. The van der Waals surface area contributed by atoms with E-state index in [9.17, 15) is 5.11 Å². The van der Waals surface area contributed by atoms with E-state index in [1.165, 1.54) is 103 Å². The summed E-state index contributed by atoms with van der Waals surface area (Å²) in [5, 5.41) is 18.7. The van der Waals surface area contributed by atoms with E-state index < -0.39 is 6.10 Å². The molecule has 1 aromatic heterocycles. The number of pyridine rings is 1. The van der Waals surface area contributed by atoms with Crippen LogP contribution in [0.1, 0.15) is 115 Å². The van der Waals surface area contributed by atoms with Crippen LogP contribution in [0.2, 0.25) is 0 Å². The highest BCUT2D eigenvalue weighted by atomic mass is 16.5. The molecule has 0 aliphatic rings. The third-order valence-corrected chi connectivity index (χ3v) is 5.74. The van der Waals surface area contributed by atoms with Gasteiger partial charge < -0.3 is 14.6 Å². The van der Waals surface area contributed by atoms with Crippen LogP contribution in [0.5, 0.6) is 5.88 Å². The highest BCUT2D eigenvalue weighted by Crippen LogP contribution is 2.14. The number of nitriles is 1. The van der Waals surface area contributed by atoms with Crippen molar-refractivity contribution >= 4 is 0 Å². The Hall–Kier alpha value is -1.64. The van der Waals surface area contributed by atoms with Crippen LogP contribution in [0.15, 0.2) is 18.3 Å². The fourth-order valence-electron chi connectivity index (χ4n) is 3.73. The molecular formula is C27H46N2O3. The number of rotatable bonds is 22. The van der Waals surface area contributed by atoms with Gasteiger partial charge in [-0.2, -0.15) is 5.26 Å². The first-order valence-corrected chi connectivity index (χ1v) is 13.0. The normalized spacial score (nSPS) is 11.9. The van der Waals surface area contributed by atoms with E-state index in [0.717, 1.165) is 6.42 Å². The van der Waals surface area contributed by atoms with Gasteiger partial charge in [-0.15, -0.1) is 0 Å². The zero-order valence-electron chi connectivity index (χ0n) is 20.4. The van der Waals surface area contributed by atoms with Crippen molar-refractivity contribution in [3.8, 4) is 11.9 Å². The molecule has 0 aliphatic carbocycles. The third kappa shape index (κ3) is 17.0. The predicted molar refractivity (Wildman–Crippen MR) is 131 cm³/mol. The topological polar surface area (TPSA) is 75.4 Å². The summed E-state index contributed by atoms with van der Waals surface area (Å²) < 4.78 is 11.0. The summed E-state index contributed by atoms with van der Waals surface area (Å²) in [6, 6.07) is 5.28. The number of nitrogens with zero attached hydrogens (tertiary/aromatic N) is 2. The maximum absolute atomic E-state index is 9.92. The molecule has 1 aromatic rings. The number of aliphatic hydroxyl groups is 1. The van der Waals surface area contributed by atoms with E-state index in [2.05, 4.69) is 11.9 Å². The van der Waals surface area contributed by atoms with Crippen molar-refractivity contribution in [1.82, 2.24) is 4.98 Å². The number of hydrogen-bond acceptors (Lipinski definition) is 5. The summed E-state index contributed by atoms with van der Waals surface area (Å²) in [6.07, 6.45) is 22.5. The lowest BCUT2D eigenvalue weighted by atomic mass is 10.0. The molecule has 0 unspecified atom stereocenters. The van der Waals surface area contributed by atoms with E-state index in [1.807, 2.05) is 6.07 Å². The highest BCUT2D eigenvalue weighted by molar-refractivity contribution is 5.28. The molecule has 0 radical (unpaired) electrons. The van der Waals surface area contributed by atoms with Crippen molar-refractivity contribution in [3.05, 3.63) is 23.9 Å². The number of ether oxygens (including phenoxy) is 2. The molecule has 5 nitrogen and oxygen atoms in total. The first-order chi connectivity index (χ1) is 15.8. The molecule has 0 bridgehead atoms. The predicted octanol–water partition coefficient (Wildman–Crippen LogP) is 6.97. The summed E-state index contributed by atoms with van der Waals surface area (Å²) in [4.78, 5) is 4.01. The summed E-state index contributed by atoms with van der Waals surface area (Å²) in [5.41, 5.74) is 0.486. The van der Waals surface area contributed by atoms with Crippen molar-refractivity contribution in [3.63, 3.8) is 0 Å². The summed E-state index contributed by atoms with van der Waals surface area (Å²) in [5.74, 6) is 0.404. The highest BCUT2D eigenvalue weighted by Gasteiger charge is 2.06. The molecule has 0 aromatic carbocycles. The van der Waals surface area contributed by atoms with Crippen LogP contribution in [0.3, 0.4) is 0 Å². The van der Waals surface area contributed by atoms with E-state index in [0.29, 0.717) is 18.1 Å². The summed E-state index contributed by atoms with van der Waals surface area (Å²) in [6.45, 7) is 3.37. The fourth-order valence-corrected chi connectivity index (χ4v) is 3.73. The molecule has 0 aliphatic heterocycles. The second kappa shape index (κ2) is 21.2. The van der Waals surface area contributed by atoms with Crippen molar-refractivity contribution in [2.45, 2.75) is 116 Å². The molecular weight excluding hydrogens is 400 g/mol. The number of aromatic nitrogens is 1. The minimum atomic E-state index is -0.673. The molecule has 0 saturated heterocycles. The lowest BCUT2D eigenvalue weighted by Gasteiger charge is -2.12. The molecule has 1 rings (SSSR count). The SMILES string of the molecule is CCCCCCCCCCCCCCCCCCOC[C@@H](O)COc1ccc(C#N)cn1. The van der Waals surface area contributed by atoms with Crippen LogP contribution in [-0.4, -0.2) is 36.0 Å². The Bertz CT molecular complexity index is 571. The van der Waals surface area contributed by atoms with Gasteiger partial charge in [-0.25, -0.2) is 4.98 Å². The molecule has 0 amide bonds. The minimum absolute atomic E-state index is 0.137. The van der Waals surface area contributed by atoms with Gasteiger partial charge in [0.2, 0.25) is 5.88 Å². The van der Waals surface area contributed by atoms with Gasteiger partial charge in [0.1, 0.15) is 18.8 Å². The maximum Gasteiger partial charge on any atom is 0.213 e. The van der Waals surface area contributed by atoms with Crippen molar-refractivity contribution in [1.29, 1.82) is 5.26 Å². The van der Waals surface area contributed by atoms with Gasteiger partial charge in [0.25, 0.3) is 0 Å². The van der Waals surface area contributed by atoms with E-state index in [4.69, 9.17) is 14.7 Å². The molecule has 0 fully saturated rings. The van der Waals surface area contributed by atoms with E-state index in [1.54, 1.807) is 12.1 Å². The molecule has 32 heavy (non-hydrogen) atoms. The van der Waals surface area contributed by atoms with Crippen LogP contribution >= 0.6 is 0 Å². The van der Waals surface area contributed by atoms with Gasteiger partial charge >= 0.3 is 0 Å². The molecule has 0 saturated carbocycles. The van der Waals surface area contributed by atoms with Crippen LogP contribution in [0.25, 0.3) is 0 Å². The first-order valence-electron chi connectivity index (χ1n) is 13.0. The van der Waals surface area contributed by atoms with Crippen LogP contribution in [0, 0.1) is 11.3 Å². The summed E-state index contributed by atoms with van der Waals surface area (Å²) in [7, 11) is 0. The average Bonchev–Trinajstić information content (AvgIpc) is 2.82. The van der Waals surface area contributed by atoms with Crippen molar-refractivity contribution in [2.75, 3.05) is 19.8 Å². The Labute approximate surface area is 196 Å². The molecule has 182 valence electrons. The number of unbranched alkanes of at least 4 members (excludes halogenated alkanes) is 15. The Morgan fingerprint density at radius 2 is 1.34 bits per heavy atom. The summed E-state index contributed by atoms with van der Waals surface area (Å²) >= 11 is 0. The van der Waals surface area contributed by atoms with Gasteiger partial charge in [0, 0.05) is 18.9 Å². The van der Waals surface area contributed by atoms with Crippen LogP contribution < -0.4 is 4.74 Å². The van der Waals surface area contributed by atoms with Gasteiger partial charge in [0.15, 0.2) is 0 Å². The monoisotopic (exact) mass is 446 g/mol. The third-order valence-electron chi connectivity index (χ3n) is 5.74. The molecule has 1 N–H and O–H groups in total. The smallest absolute Gasteiger partial charge is 0.213 e. The molecule has 1 heterocycles. The Morgan fingerprint density at radius 1 is 0.812 bits per heavy atom. The van der Waals surface area contributed by atoms with Gasteiger partial charge in [-0.1, -0.05) is 103 Å². The Kier molecular flexibility index (Phi) is 18.8. The largest absolute Gasteiger partial charge is 0.475 e. The standard InChI is InChI=1S/C27H46N2O3/c1-2-3-4-5-6-7-8-9-10-11-12-13-14-15-16-17-20-31-23-26(30)24-32-27-19-18-25(21-28)22-29-27/h18-19,22,26,30H,2-17,20,23-24H2,1H3/t26-/m1/s1. The van der Waals surface area contributed by atoms with Crippen LogP contribution in [-0.2, 0) is 4.74 Å². The molecule has 1 atom stereocenters. The van der Waals surface area contributed by atoms with Crippen molar-refractivity contribution < 1.29 is 14.6 Å². The van der Waals surface area contributed by atoms with E-state index in [-0.39, 0.29) is 13.2 Å². The lowest BCUT2D eigenvalue weighted by molar-refractivity contribution is 0.0101. The maximum atomic E-state index is 9.92. The van der Waals surface area contributed by atoms with Crippen LogP contribution in [0.4, 0.5) is 0 Å². The fraction of sp³-hybridized carbons (Fsp3) is 0.778. The van der Waals surface area contributed by atoms with E-state index >= 15 is 0 Å².